The normalized spacial score (nSPS) is 16.7. The first-order chi connectivity index (χ1) is 10.5. The van der Waals surface area contributed by atoms with Gasteiger partial charge >= 0.3 is 0 Å². The molecule has 1 aliphatic rings. The van der Waals surface area contributed by atoms with Crippen LogP contribution in [0.1, 0.15) is 24.3 Å². The second kappa shape index (κ2) is 6.05. The molecule has 0 atom stereocenters. The first-order valence-corrected chi connectivity index (χ1v) is 8.55. The lowest BCUT2D eigenvalue weighted by molar-refractivity contribution is 0.0587. The second-order valence-electron chi connectivity index (χ2n) is 6.19. The summed E-state index contributed by atoms with van der Waals surface area (Å²) in [4.78, 5) is 17.2. The number of halogens is 1. The van der Waals surface area contributed by atoms with Crippen molar-refractivity contribution in [1.82, 2.24) is 14.4 Å². The first kappa shape index (κ1) is 15.6. The topological polar surface area (TPSA) is 28.5 Å². The predicted molar refractivity (Wildman–Crippen MR) is 93.2 cm³/mol. The summed E-state index contributed by atoms with van der Waals surface area (Å²) in [6, 6.07) is 8.61. The highest BCUT2D eigenvalue weighted by molar-refractivity contribution is 9.10. The molecule has 2 heterocycles. The molecule has 0 bridgehead atoms. The molecule has 1 saturated heterocycles. The van der Waals surface area contributed by atoms with Crippen LogP contribution in [0.2, 0.25) is 0 Å². The molecular weight excluding hydrogens is 342 g/mol. The van der Waals surface area contributed by atoms with Crippen molar-refractivity contribution >= 4 is 32.7 Å². The second-order valence-corrected chi connectivity index (χ2v) is 7.04. The zero-order chi connectivity index (χ0) is 15.9. The number of hydrogen-bond donors (Lipinski definition) is 0. The minimum atomic E-state index is 0.133. The Labute approximate surface area is 139 Å². The number of benzene rings is 1. The van der Waals surface area contributed by atoms with Gasteiger partial charge in [-0.05, 0) is 41.9 Å². The molecule has 1 aromatic carbocycles. The summed E-state index contributed by atoms with van der Waals surface area (Å²) in [6.07, 6.45) is 0. The van der Waals surface area contributed by atoms with Gasteiger partial charge in [-0.3, -0.25) is 9.69 Å². The summed E-state index contributed by atoms with van der Waals surface area (Å²) < 4.78 is 3.02. The van der Waals surface area contributed by atoms with Gasteiger partial charge < -0.3 is 9.47 Å². The van der Waals surface area contributed by atoms with E-state index in [1.165, 1.54) is 0 Å². The lowest BCUT2D eigenvalue weighted by Gasteiger charge is -2.36. The van der Waals surface area contributed by atoms with Crippen LogP contribution in [-0.2, 0) is 7.05 Å². The zero-order valence-electron chi connectivity index (χ0n) is 13.3. The van der Waals surface area contributed by atoms with Gasteiger partial charge in [0.15, 0.2) is 0 Å². The molecule has 2 aromatic rings. The average Bonchev–Trinajstić information content (AvgIpc) is 2.85. The molecule has 0 spiro atoms. The standard InChI is InChI=1S/C17H22BrN3O/c1-12(2)20-7-9-21(10-8-20)17(22)15-11-13-5-4-6-14(18)16(13)19(15)3/h4-6,11-12H,7-10H2,1-3H3. The Morgan fingerprint density at radius 3 is 2.45 bits per heavy atom. The molecule has 3 rings (SSSR count). The minimum Gasteiger partial charge on any atom is -0.339 e. The number of carbonyl (C=O) groups excluding carboxylic acids is 1. The van der Waals surface area contributed by atoms with E-state index in [0.717, 1.165) is 47.2 Å². The molecule has 22 heavy (non-hydrogen) atoms. The number of para-hydroxylation sites is 1. The Balaban J connectivity index is 1.84. The van der Waals surface area contributed by atoms with Crippen LogP contribution < -0.4 is 0 Å². The first-order valence-electron chi connectivity index (χ1n) is 7.76. The van der Waals surface area contributed by atoms with Crippen LogP contribution in [0.4, 0.5) is 0 Å². The van der Waals surface area contributed by atoms with E-state index in [1.54, 1.807) is 0 Å². The van der Waals surface area contributed by atoms with Gasteiger partial charge in [-0.25, -0.2) is 0 Å². The highest BCUT2D eigenvalue weighted by Crippen LogP contribution is 2.27. The van der Waals surface area contributed by atoms with Crippen LogP contribution in [0.5, 0.6) is 0 Å². The van der Waals surface area contributed by atoms with Gasteiger partial charge in [0.25, 0.3) is 5.91 Å². The lowest BCUT2D eigenvalue weighted by atomic mass is 10.2. The molecule has 0 N–H and O–H groups in total. The van der Waals surface area contributed by atoms with Gasteiger partial charge in [0, 0.05) is 49.1 Å². The van der Waals surface area contributed by atoms with E-state index in [0.29, 0.717) is 6.04 Å². The maximum absolute atomic E-state index is 12.8. The molecule has 0 saturated carbocycles. The Hall–Kier alpha value is -1.33. The third-order valence-corrected chi connectivity index (χ3v) is 5.20. The summed E-state index contributed by atoms with van der Waals surface area (Å²) >= 11 is 3.58. The van der Waals surface area contributed by atoms with Gasteiger partial charge in [0.2, 0.25) is 0 Å². The van der Waals surface area contributed by atoms with E-state index in [4.69, 9.17) is 0 Å². The maximum atomic E-state index is 12.8. The predicted octanol–water partition coefficient (Wildman–Crippen LogP) is 3.11. The number of amides is 1. The number of aromatic nitrogens is 1. The van der Waals surface area contributed by atoms with Crippen molar-refractivity contribution in [3.05, 3.63) is 34.4 Å². The summed E-state index contributed by atoms with van der Waals surface area (Å²) in [6.45, 7) is 7.94. The molecule has 4 nitrogen and oxygen atoms in total. The van der Waals surface area contributed by atoms with Crippen LogP contribution in [0.3, 0.4) is 0 Å². The maximum Gasteiger partial charge on any atom is 0.270 e. The molecule has 1 aliphatic heterocycles. The summed E-state index contributed by atoms with van der Waals surface area (Å²) in [7, 11) is 1.96. The summed E-state index contributed by atoms with van der Waals surface area (Å²) in [5.41, 5.74) is 1.84. The molecule has 1 fully saturated rings. The van der Waals surface area contributed by atoms with Gasteiger partial charge in [-0.1, -0.05) is 12.1 Å². The SMILES string of the molecule is CC(C)N1CCN(C(=O)c2cc3cccc(Br)c3n2C)CC1. The number of aryl methyl sites for hydroxylation is 1. The molecule has 5 heteroatoms. The number of fused-ring (bicyclic) bond motifs is 1. The fourth-order valence-electron chi connectivity index (χ4n) is 3.18. The number of carbonyl (C=O) groups is 1. The summed E-state index contributed by atoms with van der Waals surface area (Å²) in [5, 5.41) is 1.10. The molecular formula is C17H22BrN3O. The number of rotatable bonds is 2. The van der Waals surface area contributed by atoms with Crippen LogP contribution in [-0.4, -0.2) is 52.5 Å². The quantitative estimate of drug-likeness (QED) is 0.819. The van der Waals surface area contributed by atoms with E-state index < -0.39 is 0 Å². The molecule has 0 aliphatic carbocycles. The number of hydrogen-bond acceptors (Lipinski definition) is 2. The van der Waals surface area contributed by atoms with Crippen molar-refractivity contribution in [3.8, 4) is 0 Å². The Morgan fingerprint density at radius 2 is 1.86 bits per heavy atom. The Morgan fingerprint density at radius 1 is 1.18 bits per heavy atom. The van der Waals surface area contributed by atoms with Crippen molar-refractivity contribution < 1.29 is 4.79 Å². The number of piperazine rings is 1. The van der Waals surface area contributed by atoms with E-state index in [1.807, 2.05) is 40.8 Å². The van der Waals surface area contributed by atoms with Gasteiger partial charge in [-0.15, -0.1) is 0 Å². The third-order valence-electron chi connectivity index (χ3n) is 4.56. The van der Waals surface area contributed by atoms with Crippen molar-refractivity contribution in [2.24, 2.45) is 7.05 Å². The largest absolute Gasteiger partial charge is 0.339 e. The minimum absolute atomic E-state index is 0.133. The fraction of sp³-hybridized carbons (Fsp3) is 0.471. The van der Waals surface area contributed by atoms with Crippen molar-refractivity contribution in [3.63, 3.8) is 0 Å². The van der Waals surface area contributed by atoms with E-state index in [-0.39, 0.29) is 5.91 Å². The van der Waals surface area contributed by atoms with E-state index >= 15 is 0 Å². The van der Waals surface area contributed by atoms with Gasteiger partial charge in [0.1, 0.15) is 5.69 Å². The van der Waals surface area contributed by atoms with Gasteiger partial charge in [-0.2, -0.15) is 0 Å². The Bertz CT molecular complexity index is 699. The van der Waals surface area contributed by atoms with Crippen molar-refractivity contribution in [2.45, 2.75) is 19.9 Å². The molecule has 118 valence electrons. The zero-order valence-corrected chi connectivity index (χ0v) is 14.9. The smallest absolute Gasteiger partial charge is 0.270 e. The van der Waals surface area contributed by atoms with E-state index in [9.17, 15) is 4.79 Å². The molecule has 1 amide bonds. The highest BCUT2D eigenvalue weighted by Gasteiger charge is 2.25. The fourth-order valence-corrected chi connectivity index (χ4v) is 3.82. The highest BCUT2D eigenvalue weighted by atomic mass is 79.9. The van der Waals surface area contributed by atoms with E-state index in [2.05, 4.69) is 34.7 Å². The monoisotopic (exact) mass is 363 g/mol. The molecule has 0 radical (unpaired) electrons. The summed E-state index contributed by atoms with van der Waals surface area (Å²) in [5.74, 6) is 0.133. The van der Waals surface area contributed by atoms with Crippen LogP contribution >= 0.6 is 15.9 Å². The molecule has 1 aromatic heterocycles. The van der Waals surface area contributed by atoms with Crippen LogP contribution in [0.25, 0.3) is 10.9 Å². The third kappa shape index (κ3) is 2.68. The van der Waals surface area contributed by atoms with Crippen LogP contribution in [0, 0.1) is 0 Å². The lowest BCUT2D eigenvalue weighted by Crippen LogP contribution is -2.50. The van der Waals surface area contributed by atoms with Gasteiger partial charge in [0.05, 0.1) is 5.52 Å². The Kier molecular flexibility index (Phi) is 4.28. The number of nitrogens with zero attached hydrogens (tertiary/aromatic N) is 3. The van der Waals surface area contributed by atoms with Crippen LogP contribution in [0.15, 0.2) is 28.7 Å². The van der Waals surface area contributed by atoms with Crippen molar-refractivity contribution in [2.75, 3.05) is 26.2 Å². The average molecular weight is 364 g/mol. The van der Waals surface area contributed by atoms with Crippen molar-refractivity contribution in [1.29, 1.82) is 0 Å². The molecule has 0 unspecified atom stereocenters.